The predicted octanol–water partition coefficient (Wildman–Crippen LogP) is 3.46. The van der Waals surface area contributed by atoms with Crippen LogP contribution in [0.3, 0.4) is 0 Å². The highest BCUT2D eigenvalue weighted by atomic mass is 19.1. The Kier molecular flexibility index (Phi) is 7.15. The third-order valence-corrected chi connectivity index (χ3v) is 9.70. The van der Waals surface area contributed by atoms with E-state index in [9.17, 15) is 9.50 Å². The molecule has 11 nitrogen and oxygen atoms in total. The summed E-state index contributed by atoms with van der Waals surface area (Å²) in [6.07, 6.45) is 9.58. The molecule has 2 saturated carbocycles. The van der Waals surface area contributed by atoms with E-state index in [1.807, 2.05) is 12.3 Å². The van der Waals surface area contributed by atoms with Crippen LogP contribution >= 0.6 is 0 Å². The lowest BCUT2D eigenvalue weighted by molar-refractivity contribution is 0.0949. The Morgan fingerprint density at radius 3 is 2.79 bits per heavy atom. The number of aliphatic hydroxyl groups excluding tert-OH is 1. The average Bonchev–Trinajstić information content (AvgIpc) is 3.81. The molecule has 2 aliphatic carbocycles. The van der Waals surface area contributed by atoms with Gasteiger partial charge in [-0.3, -0.25) is 14.6 Å². The molecular weight excluding hydrogens is 551 g/mol. The van der Waals surface area contributed by atoms with Crippen LogP contribution < -0.4 is 14.8 Å². The summed E-state index contributed by atoms with van der Waals surface area (Å²) in [4.78, 5) is 6.76. The highest BCUT2D eigenvalue weighted by Gasteiger charge is 2.48. The molecule has 4 aromatic rings. The molecule has 0 aromatic carbocycles. The van der Waals surface area contributed by atoms with E-state index in [-0.39, 0.29) is 6.61 Å². The lowest BCUT2D eigenvalue weighted by atomic mass is 9.85. The van der Waals surface area contributed by atoms with Crippen molar-refractivity contribution >= 4 is 5.52 Å². The number of halogens is 1. The maximum absolute atomic E-state index is 13.5. The summed E-state index contributed by atoms with van der Waals surface area (Å²) in [5.74, 6) is 2.52. The number of fused-ring (bicyclic) bond motifs is 4. The number of rotatable bonds is 9. The van der Waals surface area contributed by atoms with Gasteiger partial charge >= 0.3 is 0 Å². The first-order chi connectivity index (χ1) is 21.0. The molecule has 3 aliphatic rings. The van der Waals surface area contributed by atoms with Gasteiger partial charge in [-0.1, -0.05) is 0 Å². The van der Waals surface area contributed by atoms with Gasteiger partial charge < -0.3 is 19.9 Å². The van der Waals surface area contributed by atoms with Crippen molar-refractivity contribution in [1.29, 1.82) is 5.26 Å². The van der Waals surface area contributed by atoms with Crippen LogP contribution in [0.1, 0.15) is 42.3 Å². The van der Waals surface area contributed by atoms with E-state index < -0.39 is 11.9 Å². The van der Waals surface area contributed by atoms with E-state index in [1.54, 1.807) is 17.8 Å². The predicted molar refractivity (Wildman–Crippen MR) is 154 cm³/mol. The normalized spacial score (nSPS) is 23.7. The van der Waals surface area contributed by atoms with Gasteiger partial charge in [0.1, 0.15) is 5.82 Å². The first-order valence-electron chi connectivity index (χ1n) is 14.8. The van der Waals surface area contributed by atoms with Gasteiger partial charge in [0.25, 0.3) is 0 Å². The number of aromatic nitrogens is 5. The van der Waals surface area contributed by atoms with Gasteiger partial charge in [-0.05, 0) is 67.7 Å². The number of pyridine rings is 2. The second-order valence-electron chi connectivity index (χ2n) is 12.0. The van der Waals surface area contributed by atoms with Crippen molar-refractivity contribution in [3.63, 3.8) is 0 Å². The molecule has 5 atom stereocenters. The van der Waals surface area contributed by atoms with E-state index in [1.165, 1.54) is 37.1 Å². The van der Waals surface area contributed by atoms with Crippen LogP contribution in [0.4, 0.5) is 4.39 Å². The number of nitriles is 1. The lowest BCUT2D eigenvalue weighted by Gasteiger charge is -2.39. The van der Waals surface area contributed by atoms with Gasteiger partial charge in [-0.2, -0.15) is 15.5 Å². The number of aliphatic hydroxyl groups is 1. The Morgan fingerprint density at radius 2 is 2.07 bits per heavy atom. The molecule has 12 heteroatoms. The summed E-state index contributed by atoms with van der Waals surface area (Å²) >= 11 is 0. The van der Waals surface area contributed by atoms with Gasteiger partial charge in [0.2, 0.25) is 0 Å². The van der Waals surface area contributed by atoms with Gasteiger partial charge in [-0.15, -0.1) is 0 Å². The lowest BCUT2D eigenvalue weighted by Crippen LogP contribution is -2.45. The van der Waals surface area contributed by atoms with Crippen LogP contribution in [0.2, 0.25) is 0 Å². The molecule has 4 aromatic heterocycles. The van der Waals surface area contributed by atoms with E-state index in [0.29, 0.717) is 46.5 Å². The minimum absolute atomic E-state index is 0.349. The van der Waals surface area contributed by atoms with Crippen LogP contribution in [-0.4, -0.2) is 67.2 Å². The number of nitrogens with zero attached hydrogens (tertiary/aromatic N) is 7. The van der Waals surface area contributed by atoms with Crippen molar-refractivity contribution in [3.05, 3.63) is 59.6 Å². The van der Waals surface area contributed by atoms with Gasteiger partial charge in [-0.25, -0.2) is 8.91 Å². The smallest absolute Gasteiger partial charge is 0.176 e. The molecular formula is C31H35FN8O3. The van der Waals surface area contributed by atoms with Gasteiger partial charge in [0.15, 0.2) is 29.3 Å². The van der Waals surface area contributed by atoms with E-state index in [0.717, 1.165) is 49.2 Å². The fourth-order valence-corrected chi connectivity index (χ4v) is 7.61. The number of hydrogen-bond acceptors (Lipinski definition) is 9. The zero-order valence-electron chi connectivity index (χ0n) is 24.3. The first kappa shape index (κ1) is 27.6. The zero-order chi connectivity index (χ0) is 29.7. The van der Waals surface area contributed by atoms with Crippen LogP contribution in [0, 0.1) is 41.9 Å². The third kappa shape index (κ3) is 4.86. The summed E-state index contributed by atoms with van der Waals surface area (Å²) < 4.78 is 29.2. The first-order valence-corrected chi connectivity index (χ1v) is 14.8. The fourth-order valence-electron chi connectivity index (χ4n) is 7.61. The molecule has 0 amide bonds. The Balaban J connectivity index is 1.17. The largest absolute Gasteiger partial charge is 0.493 e. The topological polar surface area (TPSA) is 126 Å². The number of nitrogens with one attached hydrogen (secondary N) is 1. The van der Waals surface area contributed by atoms with E-state index in [4.69, 9.17) is 19.8 Å². The number of methoxy groups -OCH3 is 1. The van der Waals surface area contributed by atoms with E-state index in [2.05, 4.69) is 38.1 Å². The summed E-state index contributed by atoms with van der Waals surface area (Å²) in [7, 11) is 1.57. The Hall–Kier alpha value is -4.21. The summed E-state index contributed by atoms with van der Waals surface area (Å²) in [6, 6.07) is 5.28. The van der Waals surface area contributed by atoms with Crippen molar-refractivity contribution in [3.8, 4) is 28.9 Å². The second-order valence-corrected chi connectivity index (χ2v) is 12.0. The molecule has 2 fully saturated rings. The minimum Gasteiger partial charge on any atom is -0.493 e. The molecule has 5 heterocycles. The summed E-state index contributed by atoms with van der Waals surface area (Å²) in [5.41, 5.74) is 5.04. The minimum atomic E-state index is -0.818. The van der Waals surface area contributed by atoms with Gasteiger partial charge in [0.05, 0.1) is 49.7 Å². The summed E-state index contributed by atoms with van der Waals surface area (Å²) in [6.45, 7) is 5.23. The Bertz CT molecular complexity index is 1680. The quantitative estimate of drug-likeness (QED) is 0.224. The highest BCUT2D eigenvalue weighted by molar-refractivity contribution is 5.75. The molecule has 7 rings (SSSR count). The molecule has 0 spiro atoms. The van der Waals surface area contributed by atoms with Gasteiger partial charge in [0, 0.05) is 37.4 Å². The molecule has 0 unspecified atom stereocenters. The summed E-state index contributed by atoms with van der Waals surface area (Å²) in [5, 5.41) is 31.5. The number of ether oxygens (including phenoxy) is 2. The SMILES string of the molecule is COc1cnn2cc(-c3nn4c(c3C)CN([C@H]3C[C@H]5C[C@@H]3C[C@@H]5CNC#N)CC4)cc(O[C@H](CO)c3ccc(F)cn3)c12. The number of hydrogen-bond donors (Lipinski definition) is 2. The standard InChI is InChI=1S/C31H35FN8O3/c1-18-26-15-38(25-9-19-7-20(25)8-21(19)11-34-17-33)5-6-39(26)37-30(18)22-10-27(31-28(42-2)13-36-40(31)14-22)43-29(16-41)24-4-3-23(32)12-35-24/h3-4,10,12-14,19-21,25,29,34,41H,5-9,11,15-16H2,1-2H3/t19-,20-,21-,25+,29-/m1/s1. The van der Waals surface area contributed by atoms with Crippen LogP contribution in [-0.2, 0) is 13.1 Å². The van der Waals surface area contributed by atoms with Crippen molar-refractivity contribution in [2.75, 3.05) is 26.8 Å². The highest BCUT2D eigenvalue weighted by Crippen LogP contribution is 2.50. The molecule has 1 aliphatic heterocycles. The van der Waals surface area contributed by atoms with Crippen molar-refractivity contribution in [2.45, 2.75) is 51.4 Å². The molecule has 0 radical (unpaired) electrons. The van der Waals surface area contributed by atoms with Crippen molar-refractivity contribution in [2.24, 2.45) is 17.8 Å². The van der Waals surface area contributed by atoms with Crippen molar-refractivity contribution in [1.82, 2.24) is 34.6 Å². The average molecular weight is 587 g/mol. The Morgan fingerprint density at radius 1 is 1.19 bits per heavy atom. The third-order valence-electron chi connectivity index (χ3n) is 9.70. The zero-order valence-corrected chi connectivity index (χ0v) is 24.3. The van der Waals surface area contributed by atoms with Crippen molar-refractivity contribution < 1.29 is 19.0 Å². The second kappa shape index (κ2) is 11.1. The maximum atomic E-state index is 13.5. The fraction of sp³-hybridized carbons (Fsp3) is 0.484. The molecule has 2 bridgehead atoms. The van der Waals surface area contributed by atoms with E-state index >= 15 is 0 Å². The molecule has 0 saturated heterocycles. The Labute approximate surface area is 248 Å². The molecule has 43 heavy (non-hydrogen) atoms. The monoisotopic (exact) mass is 586 g/mol. The van der Waals surface area contributed by atoms with Crippen LogP contribution in [0.15, 0.2) is 36.8 Å². The molecule has 2 N–H and O–H groups in total. The van der Waals surface area contributed by atoms with Crippen LogP contribution in [0.25, 0.3) is 16.8 Å². The maximum Gasteiger partial charge on any atom is 0.176 e. The molecule has 224 valence electrons. The van der Waals surface area contributed by atoms with Crippen LogP contribution in [0.5, 0.6) is 11.5 Å².